The van der Waals surface area contributed by atoms with Crippen LogP contribution in [0.4, 0.5) is 0 Å². The number of alkyl halides is 1. The van der Waals surface area contributed by atoms with E-state index in [1.165, 1.54) is 73.6 Å². The van der Waals surface area contributed by atoms with Crippen LogP contribution in [-0.2, 0) is 20.5 Å². The number of carboxylic acids is 1. The largest absolute Gasteiger partial charge is 1.00 e. The van der Waals surface area contributed by atoms with Gasteiger partial charge >= 0.3 is 89.7 Å². The Morgan fingerprint density at radius 2 is 0.930 bits per heavy atom. The van der Waals surface area contributed by atoms with Gasteiger partial charge in [0.05, 0.1) is 5.92 Å². The number of hydrogen-bond donors (Lipinski definition) is 1. The average Bonchev–Trinajstić information content (AvgIpc) is 3.70. The minimum atomic E-state index is -0.551. The molecule has 0 aliphatic heterocycles. The molecule has 0 unspecified atom stereocenters. The molecule has 0 aromatic heterocycles. The maximum atomic E-state index is 10.7. The molecule has 4 saturated carbocycles. The Bertz CT molecular complexity index is 1040. The van der Waals surface area contributed by atoms with E-state index in [2.05, 4.69) is 166 Å². The molecule has 0 heterocycles. The number of benzene rings is 2. The molecule has 4 bridgehead atoms. The maximum absolute atomic E-state index is 10.7. The van der Waals surface area contributed by atoms with Crippen LogP contribution in [0.25, 0.3) is 11.1 Å². The van der Waals surface area contributed by atoms with Crippen LogP contribution in [0.2, 0.25) is 0 Å². The van der Waals surface area contributed by atoms with Crippen molar-refractivity contribution in [3.63, 3.8) is 0 Å². The van der Waals surface area contributed by atoms with Crippen LogP contribution in [0.1, 0.15) is 105 Å². The average molecular weight is 1020 g/mol. The Hall–Kier alpha value is 1.76. The first kappa shape index (κ1) is 40.9. The van der Waals surface area contributed by atoms with E-state index in [1.54, 1.807) is 0 Å². The Kier molecular flexibility index (Phi) is 17.6. The number of halogens is 4. The van der Waals surface area contributed by atoms with E-state index in [0.29, 0.717) is 11.8 Å². The van der Waals surface area contributed by atoms with Crippen molar-refractivity contribution < 1.29 is 35.1 Å². The van der Waals surface area contributed by atoms with Crippen LogP contribution in [0.5, 0.6) is 0 Å². The number of carboxylic acid groups (broad SMARTS) is 1. The van der Waals surface area contributed by atoms with Crippen LogP contribution in [0, 0.1) is 29.6 Å². The zero-order chi connectivity index (χ0) is 31.2. The second kappa shape index (κ2) is 18.5. The topological polar surface area (TPSA) is 37.3 Å². The van der Waals surface area contributed by atoms with Gasteiger partial charge in [-0.3, -0.25) is 4.79 Å². The smallest absolute Gasteiger partial charge is 1.00 e. The minimum Gasteiger partial charge on any atom is 1.00 e. The van der Waals surface area contributed by atoms with Gasteiger partial charge in [-0.25, -0.2) is 0 Å². The molecule has 4 aliphatic rings. The maximum Gasteiger partial charge on any atom is 1.00 e. The van der Waals surface area contributed by atoms with E-state index in [4.69, 9.17) is 5.11 Å². The molecule has 0 radical (unpaired) electrons. The Balaban J connectivity index is 0.000000335. The first-order valence-electron chi connectivity index (χ1n) is 15.4. The predicted molar refractivity (Wildman–Crippen MR) is 207 cm³/mol. The van der Waals surface area contributed by atoms with Gasteiger partial charge in [-0.05, 0) is 108 Å². The third-order valence-corrected chi connectivity index (χ3v) is 11.2. The molecule has 1 N–H and O–H groups in total. The first-order chi connectivity index (χ1) is 19.6. The molecule has 0 spiro atoms. The second-order valence-corrected chi connectivity index (χ2v) is 50.9. The zero-order valence-corrected chi connectivity index (χ0v) is 36.5. The van der Waals surface area contributed by atoms with Crippen LogP contribution < -0.4 is 18.9 Å². The molecule has 2 nitrogen and oxygen atoms in total. The monoisotopic (exact) mass is 1020 g/mol. The van der Waals surface area contributed by atoms with Crippen molar-refractivity contribution >= 4 is 81.8 Å². The van der Waals surface area contributed by atoms with E-state index in [9.17, 15) is 4.79 Å². The standard InChI is InChI=1S/C20H26.C8H12O2.C7H11Br.3HI.Li.V.H/c1-19(2,3)17-11-7-15(8-12-17)16-9-13-18(14-10-16)20(4,5)6;9-8(10)7-5-1-2-6(7)4-3-5;8-7-5-1-2-6(7)4-3-5;;;;;;/h7-14H,1-6H3;5-7H,1-4H2,(H,9,10);5-7H,1-4H2;3*1H;;;/q;;;;;;+1;+3;-1/p-3. The summed E-state index contributed by atoms with van der Waals surface area (Å²) in [5, 5.41) is 8.79. The van der Waals surface area contributed by atoms with E-state index < -0.39 is 5.97 Å². The summed E-state index contributed by atoms with van der Waals surface area (Å²) >= 11 is 11.1. The van der Waals surface area contributed by atoms with Gasteiger partial charge in [0.1, 0.15) is 0 Å². The SMILES string of the molecule is BrC1C2CCC1CC2.CC(C)(C)c1ccc(-c2ccc(C(C)(C)C)cc2)cc1.O=C(O)C1C2CCC1CC2.[H-].[I][V]([I])[I].[Li+]. The van der Waals surface area contributed by atoms with Gasteiger partial charge in [-0.15, -0.1) is 0 Å². The Morgan fingerprint density at radius 3 is 1.09 bits per heavy atom. The van der Waals surface area contributed by atoms with Crippen molar-refractivity contribution in [1.82, 2.24) is 0 Å². The fraction of sp³-hybridized carbons (Fsp3) is 0.629. The van der Waals surface area contributed by atoms with E-state index in [-0.39, 0.29) is 42.0 Å². The van der Waals surface area contributed by atoms with Gasteiger partial charge in [-0.2, -0.15) is 0 Å². The number of hydrogen-bond acceptors (Lipinski definition) is 1. The third kappa shape index (κ3) is 12.6. The van der Waals surface area contributed by atoms with Crippen LogP contribution >= 0.6 is 75.9 Å². The van der Waals surface area contributed by atoms with Crippen molar-refractivity contribution in [2.24, 2.45) is 29.6 Å². The fourth-order valence-electron chi connectivity index (χ4n) is 7.14. The molecule has 2 aromatic carbocycles. The van der Waals surface area contributed by atoms with E-state index in [1.807, 2.05) is 0 Å². The number of aliphatic carboxylic acids is 1. The molecule has 6 rings (SSSR count). The molecule has 43 heavy (non-hydrogen) atoms. The summed E-state index contributed by atoms with van der Waals surface area (Å²) in [6.07, 6.45) is 10.7. The molecule has 236 valence electrons. The number of carbonyl (C=O) groups is 1. The van der Waals surface area contributed by atoms with Crippen LogP contribution in [-0.4, -0.2) is 15.9 Å². The Labute approximate surface area is 321 Å². The molecular weight excluding hydrogens is 971 g/mol. The van der Waals surface area contributed by atoms with Gasteiger partial charge in [0, 0.05) is 4.83 Å². The normalized spacial score (nSPS) is 26.8. The van der Waals surface area contributed by atoms with Crippen molar-refractivity contribution in [3.8, 4) is 11.1 Å². The van der Waals surface area contributed by atoms with E-state index in [0.717, 1.165) is 16.7 Å². The zero-order valence-electron chi connectivity index (χ0n) is 28.1. The molecule has 0 atom stereocenters. The summed E-state index contributed by atoms with van der Waals surface area (Å²) < 4.78 is 0. The van der Waals surface area contributed by atoms with Crippen LogP contribution in [0.3, 0.4) is 0 Å². The summed E-state index contributed by atoms with van der Waals surface area (Å²) in [6, 6.07) is 17.9. The molecular formula is C35H50BrI3LiO2V. The van der Waals surface area contributed by atoms with Gasteiger partial charge in [0.2, 0.25) is 0 Å². The summed E-state index contributed by atoms with van der Waals surface area (Å²) in [7, 11) is 0. The van der Waals surface area contributed by atoms with Gasteiger partial charge in [-0.1, -0.05) is 106 Å². The number of rotatable bonds is 2. The molecule has 8 heteroatoms. The molecule has 4 fully saturated rings. The van der Waals surface area contributed by atoms with E-state index >= 15 is 0 Å². The fourth-order valence-corrected chi connectivity index (χ4v) is 8.20. The second-order valence-electron chi connectivity index (χ2n) is 14.5. The van der Waals surface area contributed by atoms with Gasteiger partial charge < -0.3 is 6.53 Å². The van der Waals surface area contributed by atoms with Crippen molar-refractivity contribution in [2.75, 3.05) is 0 Å². The third-order valence-electron chi connectivity index (χ3n) is 9.67. The van der Waals surface area contributed by atoms with Crippen molar-refractivity contribution in [1.29, 1.82) is 0 Å². The summed E-state index contributed by atoms with van der Waals surface area (Å²) in [5.74, 6) is 2.65. The number of fused-ring (bicyclic) bond motifs is 4. The summed E-state index contributed by atoms with van der Waals surface area (Å²) in [6.45, 7) is 13.5. The van der Waals surface area contributed by atoms with Crippen LogP contribution in [0.15, 0.2) is 48.5 Å². The molecule has 2 aromatic rings. The predicted octanol–water partition coefficient (Wildman–Crippen LogP) is 9.80. The van der Waals surface area contributed by atoms with Gasteiger partial charge in [0.15, 0.2) is 0 Å². The van der Waals surface area contributed by atoms with Crippen molar-refractivity contribution in [3.05, 3.63) is 59.7 Å². The molecule has 0 amide bonds. The first-order valence-corrected chi connectivity index (χ1v) is 29.9. The van der Waals surface area contributed by atoms with Crippen molar-refractivity contribution in [2.45, 2.75) is 109 Å². The summed E-state index contributed by atoms with van der Waals surface area (Å²) in [4.78, 5) is 11.3. The molecule has 4 aliphatic carbocycles. The Morgan fingerprint density at radius 1 is 0.674 bits per heavy atom. The summed E-state index contributed by atoms with van der Waals surface area (Å²) in [5.41, 5.74) is 5.78. The molecule has 0 saturated heterocycles. The minimum absolute atomic E-state index is 0. The quantitative estimate of drug-likeness (QED) is 0.185. The van der Waals surface area contributed by atoms with Gasteiger partial charge in [0.25, 0.3) is 0 Å².